The average Bonchev–Trinajstić information content (AvgIpc) is 2.00. The van der Waals surface area contributed by atoms with Gasteiger partial charge >= 0.3 is 36.6 Å². The first-order valence-electron chi connectivity index (χ1n) is 3.14. The molecule has 0 aliphatic rings. The molecule has 0 heterocycles. The second-order valence-corrected chi connectivity index (χ2v) is 2.26. The van der Waals surface area contributed by atoms with E-state index in [0.29, 0.717) is 0 Å². The Morgan fingerprint density at radius 1 is 0.867 bits per heavy atom. The van der Waals surface area contributed by atoms with Crippen molar-refractivity contribution in [2.24, 2.45) is 11.5 Å². The van der Waals surface area contributed by atoms with Crippen molar-refractivity contribution in [1.82, 2.24) is 10.6 Å². The molecule has 0 aromatic heterocycles. The zero-order chi connectivity index (χ0) is 11.8. The van der Waals surface area contributed by atoms with E-state index in [9.17, 15) is 19.2 Å². The molecule has 6 amide bonds. The molecular weight excluding hydrogens is 232 g/mol. The van der Waals surface area contributed by atoms with Crippen LogP contribution < -0.4 is 22.1 Å². The highest BCUT2D eigenvalue weighted by Crippen LogP contribution is 2.04. The van der Waals surface area contributed by atoms with Gasteiger partial charge in [-0.1, -0.05) is 0 Å². The Kier molecular flexibility index (Phi) is 5.40. The second kappa shape index (κ2) is 6.31. The molecule has 0 spiro atoms. The molecule has 0 unspecified atom stereocenters. The minimum absolute atomic E-state index is 0.0862. The van der Waals surface area contributed by atoms with Crippen molar-refractivity contribution >= 4 is 36.6 Å². The first-order valence-corrected chi connectivity index (χ1v) is 3.80. The molecule has 0 atom stereocenters. The Morgan fingerprint density at radius 2 is 1.20 bits per heavy atom. The van der Waals surface area contributed by atoms with E-state index < -0.39 is 24.2 Å². The summed E-state index contributed by atoms with van der Waals surface area (Å²) in [7, 11) is 0. The average molecular weight is 238 g/mol. The van der Waals surface area contributed by atoms with Crippen LogP contribution >= 0.6 is 12.3 Å². The first-order chi connectivity index (χ1) is 6.91. The lowest BCUT2D eigenvalue weighted by Gasteiger charge is -2.01. The van der Waals surface area contributed by atoms with Crippen LogP contribution in [0.3, 0.4) is 0 Å². The zero-order valence-electron chi connectivity index (χ0n) is 7.01. The van der Waals surface area contributed by atoms with Crippen LogP contribution in [0.2, 0.25) is 0 Å². The third-order valence-electron chi connectivity index (χ3n) is 0.670. The molecule has 0 aliphatic heterocycles. The standard InChI is InChI=1S/C4H6N4O6S/c5-1(9)7-3(11)13-15-14-4(12)8-2(6)10/h(H3,5,7,9,11)(H3,6,8,10,12). The Bertz CT molecular complexity index is 265. The molecule has 0 radical (unpaired) electrons. The van der Waals surface area contributed by atoms with Gasteiger partial charge in [0.2, 0.25) is 0 Å². The molecule has 0 bridgehead atoms. The van der Waals surface area contributed by atoms with E-state index in [-0.39, 0.29) is 12.3 Å². The van der Waals surface area contributed by atoms with Gasteiger partial charge in [-0.05, 0) is 0 Å². The van der Waals surface area contributed by atoms with E-state index in [1.54, 1.807) is 0 Å². The summed E-state index contributed by atoms with van der Waals surface area (Å²) in [6.45, 7) is 0. The van der Waals surface area contributed by atoms with E-state index in [1.165, 1.54) is 10.6 Å². The number of hydrogen-bond acceptors (Lipinski definition) is 7. The zero-order valence-corrected chi connectivity index (χ0v) is 7.83. The summed E-state index contributed by atoms with van der Waals surface area (Å²) < 4.78 is 8.07. The summed E-state index contributed by atoms with van der Waals surface area (Å²) in [4.78, 5) is 41.1. The van der Waals surface area contributed by atoms with E-state index in [4.69, 9.17) is 0 Å². The van der Waals surface area contributed by atoms with Crippen LogP contribution in [0.5, 0.6) is 0 Å². The number of rotatable bonds is 2. The van der Waals surface area contributed by atoms with E-state index in [1.807, 2.05) is 0 Å². The third-order valence-corrected chi connectivity index (χ3v) is 1.11. The van der Waals surface area contributed by atoms with E-state index in [0.717, 1.165) is 0 Å². The van der Waals surface area contributed by atoms with Gasteiger partial charge in [-0.25, -0.2) is 29.8 Å². The minimum Gasteiger partial charge on any atom is -0.351 e. The van der Waals surface area contributed by atoms with Crippen LogP contribution in [-0.2, 0) is 8.37 Å². The molecule has 0 rings (SSSR count). The van der Waals surface area contributed by atoms with Gasteiger partial charge in [-0.2, -0.15) is 0 Å². The van der Waals surface area contributed by atoms with Crippen molar-refractivity contribution < 1.29 is 27.5 Å². The van der Waals surface area contributed by atoms with Gasteiger partial charge in [0.05, 0.1) is 0 Å². The molecule has 84 valence electrons. The fraction of sp³-hybridized carbons (Fsp3) is 0. The van der Waals surface area contributed by atoms with Crippen molar-refractivity contribution in [3.05, 3.63) is 0 Å². The van der Waals surface area contributed by atoms with Crippen molar-refractivity contribution in [1.29, 1.82) is 0 Å². The number of nitrogens with two attached hydrogens (primary N) is 2. The van der Waals surface area contributed by atoms with Crippen LogP contribution in [0.1, 0.15) is 0 Å². The van der Waals surface area contributed by atoms with Gasteiger partial charge < -0.3 is 19.8 Å². The highest BCUT2D eigenvalue weighted by Gasteiger charge is 2.10. The lowest BCUT2D eigenvalue weighted by Crippen LogP contribution is -2.35. The van der Waals surface area contributed by atoms with Gasteiger partial charge in [0, 0.05) is 0 Å². The minimum atomic E-state index is -1.24. The number of primary amides is 2. The van der Waals surface area contributed by atoms with Crippen LogP contribution in [0, 0.1) is 0 Å². The molecule has 0 aliphatic carbocycles. The Labute approximate surface area is 87.0 Å². The maximum atomic E-state index is 10.5. The van der Waals surface area contributed by atoms with Crippen LogP contribution in [-0.4, -0.2) is 24.2 Å². The van der Waals surface area contributed by atoms with Gasteiger partial charge in [0.15, 0.2) is 0 Å². The summed E-state index contributed by atoms with van der Waals surface area (Å²) in [5, 5.41) is 3.02. The van der Waals surface area contributed by atoms with Crippen molar-refractivity contribution in [3.63, 3.8) is 0 Å². The van der Waals surface area contributed by atoms with Crippen molar-refractivity contribution in [2.45, 2.75) is 0 Å². The largest absolute Gasteiger partial charge is 0.430 e. The molecule has 0 fully saturated rings. The quantitative estimate of drug-likeness (QED) is 0.455. The molecule has 0 aromatic carbocycles. The summed E-state index contributed by atoms with van der Waals surface area (Å²) in [5.74, 6) is 0. The Balaban J connectivity index is 3.61. The van der Waals surface area contributed by atoms with Crippen LogP contribution in [0.4, 0.5) is 19.2 Å². The van der Waals surface area contributed by atoms with Gasteiger partial charge in [-0.3, -0.25) is 0 Å². The number of nitrogens with one attached hydrogen (secondary N) is 2. The fourth-order valence-corrected chi connectivity index (χ4v) is 0.563. The van der Waals surface area contributed by atoms with E-state index >= 15 is 0 Å². The molecule has 0 aromatic rings. The van der Waals surface area contributed by atoms with Crippen LogP contribution in [0.15, 0.2) is 0 Å². The van der Waals surface area contributed by atoms with Crippen LogP contribution in [0.25, 0.3) is 0 Å². The summed E-state index contributed by atoms with van der Waals surface area (Å²) in [6, 6.07) is -2.27. The lowest BCUT2D eigenvalue weighted by atomic mass is 11.0. The number of carbonyl (C=O) groups excluding carboxylic acids is 4. The van der Waals surface area contributed by atoms with Crippen molar-refractivity contribution in [3.8, 4) is 0 Å². The molecule has 11 heteroatoms. The predicted molar refractivity (Wildman–Crippen MR) is 46.0 cm³/mol. The van der Waals surface area contributed by atoms with E-state index in [2.05, 4.69) is 19.8 Å². The number of carbonyl (C=O) groups is 4. The summed E-state index contributed by atoms with van der Waals surface area (Å²) in [6.07, 6.45) is -2.47. The SMILES string of the molecule is NC(=O)NC(=O)OSOC(=O)NC(N)=O. The summed E-state index contributed by atoms with van der Waals surface area (Å²) >= 11 is -0.0862. The molecular formula is C4H6N4O6S. The fourth-order valence-electron chi connectivity index (χ4n) is 0.322. The monoisotopic (exact) mass is 238 g/mol. The molecule has 15 heavy (non-hydrogen) atoms. The first kappa shape index (κ1) is 12.8. The van der Waals surface area contributed by atoms with Gasteiger partial charge in [0.25, 0.3) is 0 Å². The number of urea groups is 2. The Hall–Kier alpha value is -2.17. The number of amides is 6. The maximum Gasteiger partial charge on any atom is 0.430 e. The number of imide groups is 2. The normalized spacial score (nSPS) is 8.53. The smallest absolute Gasteiger partial charge is 0.351 e. The molecule has 0 saturated carbocycles. The molecule has 6 N–H and O–H groups in total. The maximum absolute atomic E-state index is 10.5. The lowest BCUT2D eigenvalue weighted by molar-refractivity contribution is 0.194. The topological polar surface area (TPSA) is 163 Å². The van der Waals surface area contributed by atoms with Crippen molar-refractivity contribution in [2.75, 3.05) is 0 Å². The predicted octanol–water partition coefficient (Wildman–Crippen LogP) is -0.841. The third kappa shape index (κ3) is 8.17. The number of hydrogen-bond donors (Lipinski definition) is 4. The van der Waals surface area contributed by atoms with Gasteiger partial charge in [-0.15, -0.1) is 0 Å². The second-order valence-electron chi connectivity index (χ2n) is 1.79. The molecule has 0 saturated heterocycles. The van der Waals surface area contributed by atoms with Gasteiger partial charge in [0.1, 0.15) is 0 Å². The Morgan fingerprint density at radius 3 is 1.47 bits per heavy atom. The molecule has 10 nitrogen and oxygen atoms in total. The highest BCUT2D eigenvalue weighted by molar-refractivity contribution is 7.90. The highest BCUT2D eigenvalue weighted by atomic mass is 32.2. The summed E-state index contributed by atoms with van der Waals surface area (Å²) in [5.41, 5.74) is 9.10.